The number of benzene rings is 1. The van der Waals surface area contributed by atoms with Crippen LogP contribution < -0.4 is 0 Å². The molecule has 2 saturated heterocycles. The van der Waals surface area contributed by atoms with Gasteiger partial charge >= 0.3 is 0 Å². The number of piperidine rings is 1. The Morgan fingerprint density at radius 1 is 1.08 bits per heavy atom. The Morgan fingerprint density at radius 2 is 1.77 bits per heavy atom. The molecule has 26 heavy (non-hydrogen) atoms. The number of piperazine rings is 1. The summed E-state index contributed by atoms with van der Waals surface area (Å²) in [7, 11) is 0. The fourth-order valence-electron chi connectivity index (χ4n) is 4.55. The minimum Gasteiger partial charge on any atom is -0.396 e. The SMILES string of the molecule is CC(C)N1CCC(N2CCN(Cc3ccc(Cl)cc3)CC2CCO)CC1. The predicted octanol–water partition coefficient (Wildman–Crippen LogP) is 3.08. The molecule has 1 N–H and O–H groups in total. The Labute approximate surface area is 163 Å². The van der Waals surface area contributed by atoms with Gasteiger partial charge in [-0.2, -0.15) is 0 Å². The van der Waals surface area contributed by atoms with Crippen molar-refractivity contribution in [1.29, 1.82) is 0 Å². The van der Waals surface area contributed by atoms with Crippen LogP contribution in [0.5, 0.6) is 0 Å². The Bertz CT molecular complexity index is 543. The molecular weight excluding hydrogens is 346 g/mol. The van der Waals surface area contributed by atoms with Gasteiger partial charge in [0.2, 0.25) is 0 Å². The van der Waals surface area contributed by atoms with Crippen LogP contribution in [0, 0.1) is 0 Å². The minimum absolute atomic E-state index is 0.279. The van der Waals surface area contributed by atoms with Gasteiger partial charge in [-0.3, -0.25) is 9.80 Å². The van der Waals surface area contributed by atoms with Crippen LogP contribution in [-0.4, -0.2) is 77.3 Å². The van der Waals surface area contributed by atoms with E-state index in [-0.39, 0.29) is 6.61 Å². The van der Waals surface area contributed by atoms with Crippen LogP contribution in [0.4, 0.5) is 0 Å². The van der Waals surface area contributed by atoms with Gasteiger partial charge in [0.25, 0.3) is 0 Å². The molecule has 146 valence electrons. The van der Waals surface area contributed by atoms with Gasteiger partial charge in [-0.15, -0.1) is 0 Å². The van der Waals surface area contributed by atoms with Gasteiger partial charge in [0.15, 0.2) is 0 Å². The van der Waals surface area contributed by atoms with Crippen LogP contribution >= 0.6 is 11.6 Å². The summed E-state index contributed by atoms with van der Waals surface area (Å²) in [6.07, 6.45) is 3.40. The molecule has 1 aromatic rings. The van der Waals surface area contributed by atoms with Crippen molar-refractivity contribution in [3.8, 4) is 0 Å². The summed E-state index contributed by atoms with van der Waals surface area (Å²) < 4.78 is 0. The zero-order valence-corrected chi connectivity index (χ0v) is 17.0. The zero-order chi connectivity index (χ0) is 18.5. The number of aliphatic hydroxyl groups is 1. The molecular formula is C21H34ClN3O. The molecule has 2 fully saturated rings. The first-order valence-corrected chi connectivity index (χ1v) is 10.5. The van der Waals surface area contributed by atoms with Crippen LogP contribution in [0.2, 0.25) is 5.02 Å². The lowest BCUT2D eigenvalue weighted by Crippen LogP contribution is -2.58. The van der Waals surface area contributed by atoms with Gasteiger partial charge in [0, 0.05) is 55.9 Å². The number of likely N-dealkylation sites (tertiary alicyclic amines) is 1. The molecule has 0 bridgehead atoms. The number of hydrogen-bond acceptors (Lipinski definition) is 4. The quantitative estimate of drug-likeness (QED) is 0.822. The van der Waals surface area contributed by atoms with Crippen LogP contribution in [0.1, 0.15) is 38.7 Å². The van der Waals surface area contributed by atoms with E-state index in [2.05, 4.69) is 40.7 Å². The zero-order valence-electron chi connectivity index (χ0n) is 16.3. The maximum Gasteiger partial charge on any atom is 0.0446 e. The van der Waals surface area contributed by atoms with E-state index >= 15 is 0 Å². The second kappa shape index (κ2) is 9.52. The number of aliphatic hydroxyl groups excluding tert-OH is 1. The van der Waals surface area contributed by atoms with Gasteiger partial charge in [-0.25, -0.2) is 0 Å². The summed E-state index contributed by atoms with van der Waals surface area (Å²) in [5.74, 6) is 0. The minimum atomic E-state index is 0.279. The maximum absolute atomic E-state index is 9.59. The smallest absolute Gasteiger partial charge is 0.0446 e. The highest BCUT2D eigenvalue weighted by Gasteiger charge is 2.33. The highest BCUT2D eigenvalue weighted by molar-refractivity contribution is 6.30. The van der Waals surface area contributed by atoms with Crippen LogP contribution in [0.3, 0.4) is 0 Å². The standard InChI is InChI=1S/C21H34ClN3O/c1-17(2)24-10-7-20(8-11-24)25-13-12-23(16-21(25)9-14-26)15-18-3-5-19(22)6-4-18/h3-6,17,20-21,26H,7-16H2,1-2H3. The highest BCUT2D eigenvalue weighted by atomic mass is 35.5. The molecule has 1 unspecified atom stereocenters. The van der Waals surface area contributed by atoms with E-state index in [1.54, 1.807) is 0 Å². The lowest BCUT2D eigenvalue weighted by atomic mass is 9.97. The second-order valence-corrected chi connectivity index (χ2v) is 8.56. The summed E-state index contributed by atoms with van der Waals surface area (Å²) in [5, 5.41) is 10.4. The molecule has 0 spiro atoms. The Balaban J connectivity index is 1.57. The van der Waals surface area contributed by atoms with Gasteiger partial charge in [-0.05, 0) is 63.9 Å². The third-order valence-electron chi connectivity index (χ3n) is 6.09. The maximum atomic E-state index is 9.59. The Hall–Kier alpha value is -0.650. The van der Waals surface area contributed by atoms with E-state index in [4.69, 9.17) is 11.6 Å². The fourth-order valence-corrected chi connectivity index (χ4v) is 4.67. The Morgan fingerprint density at radius 3 is 2.38 bits per heavy atom. The average Bonchev–Trinajstić information content (AvgIpc) is 2.64. The summed E-state index contributed by atoms with van der Waals surface area (Å²) in [5.41, 5.74) is 1.32. The summed E-state index contributed by atoms with van der Waals surface area (Å²) >= 11 is 6.00. The number of hydrogen-bond donors (Lipinski definition) is 1. The molecule has 0 aromatic heterocycles. The van der Waals surface area contributed by atoms with Crippen LogP contribution in [0.25, 0.3) is 0 Å². The lowest BCUT2D eigenvalue weighted by Gasteiger charge is -2.48. The molecule has 2 aliphatic rings. The molecule has 0 saturated carbocycles. The van der Waals surface area contributed by atoms with Gasteiger partial charge < -0.3 is 10.0 Å². The molecule has 2 aliphatic heterocycles. The first-order valence-electron chi connectivity index (χ1n) is 10.1. The monoisotopic (exact) mass is 379 g/mol. The first-order chi connectivity index (χ1) is 12.6. The molecule has 0 amide bonds. The van der Waals surface area contributed by atoms with E-state index in [0.717, 1.165) is 37.6 Å². The van der Waals surface area contributed by atoms with Crippen molar-refractivity contribution in [3.05, 3.63) is 34.9 Å². The largest absolute Gasteiger partial charge is 0.396 e. The van der Waals surface area contributed by atoms with Crippen molar-refractivity contribution in [3.63, 3.8) is 0 Å². The molecule has 1 atom stereocenters. The molecule has 5 heteroatoms. The third-order valence-corrected chi connectivity index (χ3v) is 6.34. The van der Waals surface area contributed by atoms with Gasteiger partial charge in [-0.1, -0.05) is 23.7 Å². The molecule has 3 rings (SSSR count). The van der Waals surface area contributed by atoms with Crippen molar-refractivity contribution in [2.75, 3.05) is 39.3 Å². The lowest BCUT2D eigenvalue weighted by molar-refractivity contribution is -0.0000288. The van der Waals surface area contributed by atoms with E-state index in [9.17, 15) is 5.11 Å². The van der Waals surface area contributed by atoms with Crippen molar-refractivity contribution >= 4 is 11.6 Å². The second-order valence-electron chi connectivity index (χ2n) is 8.13. The van der Waals surface area contributed by atoms with Crippen molar-refractivity contribution in [1.82, 2.24) is 14.7 Å². The molecule has 4 nitrogen and oxygen atoms in total. The number of rotatable bonds is 6. The Kier molecular flexibility index (Phi) is 7.35. The third kappa shape index (κ3) is 5.20. The molecule has 1 aromatic carbocycles. The summed E-state index contributed by atoms with van der Waals surface area (Å²) in [4.78, 5) is 7.82. The molecule has 0 aliphatic carbocycles. The van der Waals surface area contributed by atoms with E-state index in [0.29, 0.717) is 18.1 Å². The van der Waals surface area contributed by atoms with Crippen molar-refractivity contribution in [2.24, 2.45) is 0 Å². The van der Waals surface area contributed by atoms with Crippen LogP contribution in [0.15, 0.2) is 24.3 Å². The topological polar surface area (TPSA) is 30.0 Å². The van der Waals surface area contributed by atoms with Gasteiger partial charge in [0.05, 0.1) is 0 Å². The van der Waals surface area contributed by atoms with E-state index < -0.39 is 0 Å². The molecule has 0 radical (unpaired) electrons. The number of nitrogens with zero attached hydrogens (tertiary/aromatic N) is 3. The van der Waals surface area contributed by atoms with Gasteiger partial charge in [0.1, 0.15) is 0 Å². The van der Waals surface area contributed by atoms with Crippen LogP contribution in [-0.2, 0) is 6.54 Å². The normalized spacial score (nSPS) is 24.4. The summed E-state index contributed by atoms with van der Waals surface area (Å²) in [6.45, 7) is 11.5. The first kappa shape index (κ1) is 20.1. The average molecular weight is 380 g/mol. The number of halogens is 1. The fraction of sp³-hybridized carbons (Fsp3) is 0.714. The van der Waals surface area contributed by atoms with Crippen molar-refractivity contribution in [2.45, 2.75) is 57.8 Å². The highest BCUT2D eigenvalue weighted by Crippen LogP contribution is 2.25. The predicted molar refractivity (Wildman–Crippen MR) is 109 cm³/mol. The van der Waals surface area contributed by atoms with E-state index in [1.807, 2.05) is 12.1 Å². The van der Waals surface area contributed by atoms with E-state index in [1.165, 1.54) is 31.5 Å². The van der Waals surface area contributed by atoms with Crippen molar-refractivity contribution < 1.29 is 5.11 Å². The molecule has 2 heterocycles. The summed E-state index contributed by atoms with van der Waals surface area (Å²) in [6, 6.07) is 9.99.